The number of aromatic carboxylic acids is 1. The molecule has 0 spiro atoms. The van der Waals surface area contributed by atoms with Crippen molar-refractivity contribution < 1.29 is 28.2 Å². The smallest absolute Gasteiger partial charge is 0.371 e. The standard InChI is InChI=1S/C28H21FO6/c29-21-9-5-18(6-10-21)15-33-16-22-13-20-12-17(7-11-25(20)34-22)4-8-19-2-1-3-23-24(30)14-26(28(31)32)35-27(19)23/h1-12,14,22H,13,15-16H2,(H,31,32)/b8-4+. The van der Waals surface area contributed by atoms with Gasteiger partial charge in [0.25, 0.3) is 0 Å². The highest BCUT2D eigenvalue weighted by Crippen LogP contribution is 2.31. The molecule has 4 aromatic rings. The van der Waals surface area contributed by atoms with E-state index in [1.54, 1.807) is 36.4 Å². The fourth-order valence-electron chi connectivity index (χ4n) is 4.05. The van der Waals surface area contributed by atoms with E-state index in [1.165, 1.54) is 12.1 Å². The molecular formula is C28H21FO6. The molecule has 1 unspecified atom stereocenters. The Balaban J connectivity index is 1.28. The van der Waals surface area contributed by atoms with Crippen LogP contribution in [0.2, 0.25) is 0 Å². The highest BCUT2D eigenvalue weighted by atomic mass is 19.1. The molecule has 1 aromatic heterocycles. The summed E-state index contributed by atoms with van der Waals surface area (Å²) in [7, 11) is 0. The van der Waals surface area contributed by atoms with Crippen LogP contribution in [0.1, 0.15) is 32.8 Å². The Morgan fingerprint density at radius 2 is 1.91 bits per heavy atom. The van der Waals surface area contributed by atoms with Crippen molar-refractivity contribution in [1.29, 1.82) is 0 Å². The average Bonchev–Trinajstić information content (AvgIpc) is 3.26. The maximum absolute atomic E-state index is 13.0. The Labute approximate surface area is 199 Å². The summed E-state index contributed by atoms with van der Waals surface area (Å²) in [5.41, 5.74) is 3.31. The fourth-order valence-corrected chi connectivity index (χ4v) is 4.05. The molecule has 0 radical (unpaired) electrons. The van der Waals surface area contributed by atoms with Crippen LogP contribution in [-0.2, 0) is 17.8 Å². The van der Waals surface area contributed by atoms with Gasteiger partial charge in [-0.1, -0.05) is 42.5 Å². The SMILES string of the molecule is O=C(O)c1cc(=O)c2cccc(/C=C/c3ccc4c(c3)CC(COCc3ccc(F)cc3)O4)c2o1. The number of ether oxygens (including phenoxy) is 2. The quantitative estimate of drug-likeness (QED) is 0.367. The number of hydrogen-bond donors (Lipinski definition) is 1. The van der Waals surface area contributed by atoms with Crippen molar-refractivity contribution in [1.82, 2.24) is 0 Å². The molecule has 35 heavy (non-hydrogen) atoms. The summed E-state index contributed by atoms with van der Waals surface area (Å²) in [4.78, 5) is 23.6. The summed E-state index contributed by atoms with van der Waals surface area (Å²) in [6.07, 6.45) is 4.26. The molecule has 1 aliphatic rings. The molecule has 6 nitrogen and oxygen atoms in total. The van der Waals surface area contributed by atoms with E-state index >= 15 is 0 Å². The zero-order chi connectivity index (χ0) is 24.4. The van der Waals surface area contributed by atoms with E-state index in [9.17, 15) is 19.1 Å². The molecule has 0 bridgehead atoms. The van der Waals surface area contributed by atoms with Crippen molar-refractivity contribution in [2.45, 2.75) is 19.1 Å². The first-order valence-electron chi connectivity index (χ1n) is 11.1. The third-order valence-corrected chi connectivity index (χ3v) is 5.76. The summed E-state index contributed by atoms with van der Waals surface area (Å²) in [5, 5.41) is 9.54. The van der Waals surface area contributed by atoms with E-state index in [0.717, 1.165) is 28.5 Å². The van der Waals surface area contributed by atoms with E-state index < -0.39 is 17.2 Å². The molecule has 5 rings (SSSR count). The van der Waals surface area contributed by atoms with Crippen LogP contribution < -0.4 is 10.2 Å². The van der Waals surface area contributed by atoms with Crippen LogP contribution in [0.5, 0.6) is 5.75 Å². The largest absolute Gasteiger partial charge is 0.487 e. The lowest BCUT2D eigenvalue weighted by atomic mass is 10.0. The Kier molecular flexibility index (Phi) is 6.16. The van der Waals surface area contributed by atoms with Crippen molar-refractivity contribution in [2.24, 2.45) is 0 Å². The molecule has 0 saturated carbocycles. The first kappa shape index (κ1) is 22.6. The molecule has 0 fully saturated rings. The van der Waals surface area contributed by atoms with Gasteiger partial charge in [0, 0.05) is 18.1 Å². The molecular weight excluding hydrogens is 451 g/mol. The van der Waals surface area contributed by atoms with E-state index in [-0.39, 0.29) is 17.5 Å². The number of carboxylic acid groups (broad SMARTS) is 1. The Bertz CT molecular complexity index is 1490. The first-order chi connectivity index (χ1) is 17.0. The number of hydrogen-bond acceptors (Lipinski definition) is 5. The zero-order valence-electron chi connectivity index (χ0n) is 18.6. The molecule has 1 N–H and O–H groups in total. The molecule has 0 aliphatic carbocycles. The van der Waals surface area contributed by atoms with E-state index in [2.05, 4.69) is 0 Å². The third-order valence-electron chi connectivity index (χ3n) is 5.76. The monoisotopic (exact) mass is 472 g/mol. The highest BCUT2D eigenvalue weighted by molar-refractivity contribution is 5.91. The lowest BCUT2D eigenvalue weighted by Crippen LogP contribution is -2.20. The topological polar surface area (TPSA) is 86.0 Å². The number of rotatable bonds is 7. The minimum Gasteiger partial charge on any atom is -0.487 e. The highest BCUT2D eigenvalue weighted by Gasteiger charge is 2.23. The molecule has 1 atom stereocenters. The predicted octanol–water partition coefficient (Wildman–Crippen LogP) is 5.32. The van der Waals surface area contributed by atoms with Crippen molar-refractivity contribution in [3.8, 4) is 5.75 Å². The second-order valence-corrected chi connectivity index (χ2v) is 8.29. The second-order valence-electron chi connectivity index (χ2n) is 8.29. The molecule has 2 heterocycles. The van der Waals surface area contributed by atoms with Gasteiger partial charge in [0.1, 0.15) is 23.3 Å². The van der Waals surface area contributed by atoms with Crippen LogP contribution in [-0.4, -0.2) is 23.8 Å². The van der Waals surface area contributed by atoms with Crippen molar-refractivity contribution in [3.05, 3.63) is 111 Å². The van der Waals surface area contributed by atoms with Gasteiger partial charge < -0.3 is 19.0 Å². The summed E-state index contributed by atoms with van der Waals surface area (Å²) in [5.74, 6) is -1.16. The van der Waals surface area contributed by atoms with Gasteiger partial charge >= 0.3 is 5.97 Å². The van der Waals surface area contributed by atoms with Gasteiger partial charge in [-0.2, -0.15) is 0 Å². The van der Waals surface area contributed by atoms with Gasteiger partial charge in [0.05, 0.1) is 18.6 Å². The van der Waals surface area contributed by atoms with Crippen LogP contribution >= 0.6 is 0 Å². The van der Waals surface area contributed by atoms with Crippen LogP contribution in [0, 0.1) is 5.82 Å². The van der Waals surface area contributed by atoms with Crippen molar-refractivity contribution >= 4 is 29.1 Å². The predicted molar refractivity (Wildman–Crippen MR) is 129 cm³/mol. The Morgan fingerprint density at radius 1 is 1.09 bits per heavy atom. The van der Waals surface area contributed by atoms with E-state index in [0.29, 0.717) is 30.6 Å². The van der Waals surface area contributed by atoms with Crippen molar-refractivity contribution in [3.63, 3.8) is 0 Å². The minimum absolute atomic E-state index is 0.105. The van der Waals surface area contributed by atoms with Gasteiger partial charge in [-0.15, -0.1) is 0 Å². The van der Waals surface area contributed by atoms with Gasteiger partial charge in [-0.25, -0.2) is 9.18 Å². The van der Waals surface area contributed by atoms with Gasteiger partial charge in [-0.05, 0) is 47.0 Å². The minimum atomic E-state index is -1.29. The number of para-hydroxylation sites is 1. The number of carboxylic acids is 1. The van der Waals surface area contributed by atoms with Crippen molar-refractivity contribution in [2.75, 3.05) is 6.61 Å². The first-order valence-corrected chi connectivity index (χ1v) is 11.1. The summed E-state index contributed by atoms with van der Waals surface area (Å²) >= 11 is 0. The molecule has 176 valence electrons. The van der Waals surface area contributed by atoms with E-state index in [1.807, 2.05) is 24.3 Å². The molecule has 1 aliphatic heterocycles. The third kappa shape index (κ3) is 5.00. The van der Waals surface area contributed by atoms with E-state index in [4.69, 9.17) is 13.9 Å². The van der Waals surface area contributed by atoms with Gasteiger partial charge in [-0.3, -0.25) is 4.79 Å². The summed E-state index contributed by atoms with van der Waals surface area (Å²) < 4.78 is 30.2. The lowest BCUT2D eigenvalue weighted by molar-refractivity contribution is 0.0510. The second kappa shape index (κ2) is 9.56. The van der Waals surface area contributed by atoms with Gasteiger partial charge in [0.15, 0.2) is 5.43 Å². The normalized spacial score (nSPS) is 14.8. The Morgan fingerprint density at radius 3 is 2.71 bits per heavy atom. The molecule has 0 amide bonds. The number of carbonyl (C=O) groups is 1. The number of halogens is 1. The van der Waals surface area contributed by atoms with Crippen LogP contribution in [0.15, 0.2) is 75.9 Å². The molecule has 0 saturated heterocycles. The molecule has 7 heteroatoms. The van der Waals surface area contributed by atoms with Crippen LogP contribution in [0.3, 0.4) is 0 Å². The number of benzene rings is 3. The maximum atomic E-state index is 13.0. The average molecular weight is 472 g/mol. The van der Waals surface area contributed by atoms with Crippen LogP contribution in [0.4, 0.5) is 4.39 Å². The number of fused-ring (bicyclic) bond motifs is 2. The zero-order valence-corrected chi connectivity index (χ0v) is 18.6. The lowest BCUT2D eigenvalue weighted by Gasteiger charge is -2.11. The van der Waals surface area contributed by atoms with Gasteiger partial charge in [0.2, 0.25) is 5.76 Å². The van der Waals surface area contributed by atoms with Crippen LogP contribution in [0.25, 0.3) is 23.1 Å². The summed E-state index contributed by atoms with van der Waals surface area (Å²) in [6, 6.07) is 18.1. The summed E-state index contributed by atoms with van der Waals surface area (Å²) in [6.45, 7) is 0.799. The fraction of sp³-hybridized carbons (Fsp3) is 0.143. The molecule has 3 aromatic carbocycles. The Hall–Kier alpha value is -4.23. The maximum Gasteiger partial charge on any atom is 0.371 e.